The molecule has 0 radical (unpaired) electrons. The number of Topliss-reactive ketones (excluding diaryl/α,β-unsaturated/α-hetero) is 1. The van der Waals surface area contributed by atoms with Crippen LogP contribution in [0.25, 0.3) is 0 Å². The lowest BCUT2D eigenvalue weighted by atomic mass is 10.1. The number of hydrogen-bond acceptors (Lipinski definition) is 4. The van der Waals surface area contributed by atoms with Crippen LogP contribution in [0.1, 0.15) is 15.9 Å². The summed E-state index contributed by atoms with van der Waals surface area (Å²) in [4.78, 5) is 11.8. The molecular formula is C15H11F3O4. The van der Waals surface area contributed by atoms with Crippen LogP contribution in [0.2, 0.25) is 0 Å². The molecule has 0 atom stereocenters. The summed E-state index contributed by atoms with van der Waals surface area (Å²) in [5.41, 5.74) is -0.804. The summed E-state index contributed by atoms with van der Waals surface area (Å²) in [6, 6.07) is 7.62. The maximum atomic E-state index is 12.5. The Labute approximate surface area is 123 Å². The van der Waals surface area contributed by atoms with Gasteiger partial charge < -0.3 is 14.9 Å². The molecule has 0 unspecified atom stereocenters. The number of halogens is 3. The van der Waals surface area contributed by atoms with E-state index in [1.165, 1.54) is 18.2 Å². The highest BCUT2D eigenvalue weighted by atomic mass is 19.4. The zero-order valence-corrected chi connectivity index (χ0v) is 11.1. The topological polar surface area (TPSA) is 66.8 Å². The van der Waals surface area contributed by atoms with Crippen LogP contribution in [0.4, 0.5) is 13.2 Å². The van der Waals surface area contributed by atoms with Gasteiger partial charge in [0, 0.05) is 5.56 Å². The molecule has 4 nitrogen and oxygen atoms in total. The largest absolute Gasteiger partial charge is 0.504 e. The van der Waals surface area contributed by atoms with E-state index in [9.17, 15) is 23.1 Å². The molecule has 7 heteroatoms. The third kappa shape index (κ3) is 3.69. The quantitative estimate of drug-likeness (QED) is 0.671. The van der Waals surface area contributed by atoms with E-state index in [0.717, 1.165) is 24.3 Å². The molecule has 116 valence electrons. The molecule has 2 aromatic carbocycles. The Morgan fingerprint density at radius 3 is 2.41 bits per heavy atom. The minimum atomic E-state index is -4.49. The Kier molecular flexibility index (Phi) is 4.25. The van der Waals surface area contributed by atoms with Crippen LogP contribution >= 0.6 is 0 Å². The van der Waals surface area contributed by atoms with Gasteiger partial charge in [0.15, 0.2) is 23.9 Å². The first kappa shape index (κ1) is 15.7. The molecule has 0 spiro atoms. The Morgan fingerprint density at radius 1 is 1.05 bits per heavy atom. The number of rotatable bonds is 4. The van der Waals surface area contributed by atoms with Crippen molar-refractivity contribution in [3.05, 3.63) is 53.6 Å². The predicted molar refractivity (Wildman–Crippen MR) is 71.0 cm³/mol. The van der Waals surface area contributed by atoms with E-state index in [-0.39, 0.29) is 17.1 Å². The van der Waals surface area contributed by atoms with E-state index in [1.54, 1.807) is 0 Å². The van der Waals surface area contributed by atoms with Crippen molar-refractivity contribution in [3.63, 3.8) is 0 Å². The summed E-state index contributed by atoms with van der Waals surface area (Å²) in [6.07, 6.45) is -4.49. The van der Waals surface area contributed by atoms with E-state index < -0.39 is 29.9 Å². The van der Waals surface area contributed by atoms with Gasteiger partial charge in [0.2, 0.25) is 0 Å². The van der Waals surface area contributed by atoms with Crippen LogP contribution in [0, 0.1) is 0 Å². The Hall–Kier alpha value is -2.70. The molecule has 0 heterocycles. The smallest absolute Gasteiger partial charge is 0.416 e. The summed E-state index contributed by atoms with van der Waals surface area (Å²) in [5.74, 6) is -1.49. The van der Waals surface area contributed by atoms with Crippen LogP contribution in [0.5, 0.6) is 17.2 Å². The van der Waals surface area contributed by atoms with Crippen LogP contribution in [0.3, 0.4) is 0 Å². The molecule has 0 aromatic heterocycles. The van der Waals surface area contributed by atoms with E-state index in [2.05, 4.69) is 0 Å². The SMILES string of the molecule is O=C(COc1cccc(C(F)(F)F)c1)c1ccc(O)c(O)c1. The highest BCUT2D eigenvalue weighted by Crippen LogP contribution is 2.31. The Morgan fingerprint density at radius 2 is 1.77 bits per heavy atom. The standard InChI is InChI=1S/C15H11F3O4/c16-15(17,18)10-2-1-3-11(7-10)22-8-14(21)9-4-5-12(19)13(20)6-9/h1-7,19-20H,8H2. The number of phenols is 2. The van der Waals surface area contributed by atoms with Gasteiger partial charge in [-0.05, 0) is 36.4 Å². The number of phenolic OH excluding ortho intramolecular Hbond substituents is 2. The fraction of sp³-hybridized carbons (Fsp3) is 0.133. The second-order valence-corrected chi connectivity index (χ2v) is 4.44. The van der Waals surface area contributed by atoms with Gasteiger partial charge in [0.05, 0.1) is 5.56 Å². The lowest BCUT2D eigenvalue weighted by Gasteiger charge is -2.10. The van der Waals surface area contributed by atoms with Crippen molar-refractivity contribution in [2.75, 3.05) is 6.61 Å². The van der Waals surface area contributed by atoms with Gasteiger partial charge in [-0.25, -0.2) is 0 Å². The molecule has 0 saturated heterocycles. The van der Waals surface area contributed by atoms with Crippen molar-refractivity contribution in [1.29, 1.82) is 0 Å². The van der Waals surface area contributed by atoms with Gasteiger partial charge in [-0.3, -0.25) is 4.79 Å². The minimum absolute atomic E-state index is 0.0716. The van der Waals surface area contributed by atoms with Crippen LogP contribution in [-0.4, -0.2) is 22.6 Å². The Bertz CT molecular complexity index is 695. The summed E-state index contributed by atoms with van der Waals surface area (Å²) >= 11 is 0. The van der Waals surface area contributed by atoms with Gasteiger partial charge in [0.1, 0.15) is 5.75 Å². The van der Waals surface area contributed by atoms with E-state index in [0.29, 0.717) is 0 Å². The monoisotopic (exact) mass is 312 g/mol. The average Bonchev–Trinajstić information content (AvgIpc) is 2.47. The third-order valence-corrected chi connectivity index (χ3v) is 2.83. The summed E-state index contributed by atoms with van der Waals surface area (Å²) in [6.45, 7) is -0.495. The van der Waals surface area contributed by atoms with Gasteiger partial charge in [-0.2, -0.15) is 13.2 Å². The number of hydrogen-bond donors (Lipinski definition) is 2. The number of carbonyl (C=O) groups excluding carboxylic acids is 1. The number of aromatic hydroxyl groups is 2. The number of ether oxygens (including phenoxy) is 1. The first-order valence-corrected chi connectivity index (χ1v) is 6.12. The van der Waals surface area contributed by atoms with Gasteiger partial charge in [-0.1, -0.05) is 6.07 Å². The number of benzene rings is 2. The zero-order chi connectivity index (χ0) is 16.3. The van der Waals surface area contributed by atoms with Crippen LogP contribution in [-0.2, 0) is 6.18 Å². The molecule has 22 heavy (non-hydrogen) atoms. The molecule has 2 N–H and O–H groups in total. The van der Waals surface area contributed by atoms with Gasteiger partial charge in [0.25, 0.3) is 0 Å². The normalized spacial score (nSPS) is 11.2. The summed E-state index contributed by atoms with van der Waals surface area (Å²) in [7, 11) is 0. The maximum Gasteiger partial charge on any atom is 0.416 e. The van der Waals surface area contributed by atoms with Gasteiger partial charge >= 0.3 is 6.18 Å². The number of alkyl halides is 3. The fourth-order valence-electron chi connectivity index (χ4n) is 1.69. The molecule has 0 bridgehead atoms. The van der Waals surface area contributed by atoms with E-state index in [4.69, 9.17) is 9.84 Å². The lowest BCUT2D eigenvalue weighted by molar-refractivity contribution is -0.137. The first-order valence-electron chi connectivity index (χ1n) is 6.12. The fourth-order valence-corrected chi connectivity index (χ4v) is 1.69. The molecule has 0 aliphatic rings. The molecule has 2 aromatic rings. The molecule has 0 saturated carbocycles. The minimum Gasteiger partial charge on any atom is -0.504 e. The molecular weight excluding hydrogens is 301 g/mol. The van der Waals surface area contributed by atoms with Crippen LogP contribution < -0.4 is 4.74 Å². The van der Waals surface area contributed by atoms with Gasteiger partial charge in [-0.15, -0.1) is 0 Å². The van der Waals surface area contributed by atoms with Crippen LogP contribution in [0.15, 0.2) is 42.5 Å². The lowest BCUT2D eigenvalue weighted by Crippen LogP contribution is -2.12. The van der Waals surface area contributed by atoms with Crippen molar-refractivity contribution in [1.82, 2.24) is 0 Å². The molecule has 0 aliphatic heterocycles. The number of carbonyl (C=O) groups is 1. The highest BCUT2D eigenvalue weighted by molar-refractivity contribution is 5.97. The molecule has 2 rings (SSSR count). The van der Waals surface area contributed by atoms with Crippen molar-refractivity contribution in [2.45, 2.75) is 6.18 Å². The van der Waals surface area contributed by atoms with Crippen molar-refractivity contribution >= 4 is 5.78 Å². The summed E-state index contributed by atoms with van der Waals surface area (Å²) < 4.78 is 42.7. The maximum absolute atomic E-state index is 12.5. The second kappa shape index (κ2) is 5.97. The second-order valence-electron chi connectivity index (χ2n) is 4.44. The predicted octanol–water partition coefficient (Wildman–Crippen LogP) is 3.38. The van der Waals surface area contributed by atoms with Crippen molar-refractivity contribution in [3.8, 4) is 17.2 Å². The van der Waals surface area contributed by atoms with Crippen molar-refractivity contribution in [2.24, 2.45) is 0 Å². The molecule has 0 amide bonds. The highest BCUT2D eigenvalue weighted by Gasteiger charge is 2.30. The van der Waals surface area contributed by atoms with Crippen molar-refractivity contribution < 1.29 is 32.9 Å². The molecule has 0 aliphatic carbocycles. The summed E-state index contributed by atoms with van der Waals surface area (Å²) in [5, 5.41) is 18.4. The van der Waals surface area contributed by atoms with E-state index >= 15 is 0 Å². The number of ketones is 1. The first-order chi connectivity index (χ1) is 10.3. The Balaban J connectivity index is 2.06. The molecule has 0 fully saturated rings. The third-order valence-electron chi connectivity index (χ3n) is 2.83. The van der Waals surface area contributed by atoms with E-state index in [1.807, 2.05) is 0 Å². The average molecular weight is 312 g/mol. The zero-order valence-electron chi connectivity index (χ0n) is 11.1.